The third kappa shape index (κ3) is 5.36. The minimum absolute atomic E-state index is 0.0339. The third-order valence-electron chi connectivity index (χ3n) is 4.38. The Morgan fingerprint density at radius 2 is 1.96 bits per heavy atom. The first-order valence-electron chi connectivity index (χ1n) is 8.62. The van der Waals surface area contributed by atoms with E-state index in [4.69, 9.17) is 16.3 Å². The van der Waals surface area contributed by atoms with Crippen molar-refractivity contribution in [3.63, 3.8) is 0 Å². The first kappa shape index (κ1) is 19.6. The Labute approximate surface area is 154 Å². The second-order valence-electron chi connectivity index (χ2n) is 7.49. The van der Waals surface area contributed by atoms with E-state index in [0.29, 0.717) is 31.1 Å². The topological polar surface area (TPSA) is 49.9 Å². The van der Waals surface area contributed by atoms with E-state index < -0.39 is 0 Å². The maximum atomic E-state index is 12.6. The fraction of sp³-hybridized carbons (Fsp3) is 0.579. The monoisotopic (exact) mass is 366 g/mol. The minimum atomic E-state index is -0.242. The molecule has 1 aliphatic rings. The van der Waals surface area contributed by atoms with Crippen LogP contribution in [0, 0.1) is 5.92 Å². The number of ether oxygens (including phenoxy) is 1. The summed E-state index contributed by atoms with van der Waals surface area (Å²) in [7, 11) is 1.79. The van der Waals surface area contributed by atoms with Crippen LogP contribution in [0.3, 0.4) is 0 Å². The summed E-state index contributed by atoms with van der Waals surface area (Å²) in [4.78, 5) is 28.2. The number of amides is 2. The van der Waals surface area contributed by atoms with Gasteiger partial charge in [-0.25, -0.2) is 0 Å². The normalized spacial score (nSPS) is 17.7. The minimum Gasteiger partial charge on any atom is -0.494 e. The molecule has 6 heteroatoms. The number of carbonyl (C=O) groups is 2. The molecule has 0 unspecified atom stereocenters. The van der Waals surface area contributed by atoms with E-state index in [1.807, 2.05) is 32.9 Å². The SMILES string of the molecule is CN(CCCOc1ccc(Cl)cc1)C(=O)[C@H]1CC(=O)N(C(C)(C)C)C1. The van der Waals surface area contributed by atoms with Gasteiger partial charge in [0.2, 0.25) is 11.8 Å². The standard InChI is InChI=1S/C19H27ClN2O3/c1-19(2,3)22-13-14(12-17(22)23)18(24)21(4)10-5-11-25-16-8-6-15(20)7-9-16/h6-9,14H,5,10-13H2,1-4H3/t14-/m0/s1. The van der Waals surface area contributed by atoms with Crippen molar-refractivity contribution in [1.29, 1.82) is 0 Å². The molecule has 0 N–H and O–H groups in total. The predicted molar refractivity (Wildman–Crippen MR) is 98.8 cm³/mol. The molecule has 0 saturated carbocycles. The molecule has 5 nitrogen and oxygen atoms in total. The Balaban J connectivity index is 1.75. The molecule has 0 aliphatic carbocycles. The lowest BCUT2D eigenvalue weighted by molar-refractivity contribution is -0.134. The smallest absolute Gasteiger partial charge is 0.227 e. The zero-order valence-electron chi connectivity index (χ0n) is 15.4. The molecular formula is C19H27ClN2O3. The molecule has 1 heterocycles. The maximum absolute atomic E-state index is 12.6. The van der Waals surface area contributed by atoms with E-state index in [-0.39, 0.29) is 23.3 Å². The van der Waals surface area contributed by atoms with Crippen molar-refractivity contribution in [1.82, 2.24) is 9.80 Å². The number of carbonyl (C=O) groups excluding carboxylic acids is 2. The van der Waals surface area contributed by atoms with Gasteiger partial charge in [0.05, 0.1) is 12.5 Å². The van der Waals surface area contributed by atoms with Crippen molar-refractivity contribution in [2.24, 2.45) is 5.92 Å². The summed E-state index contributed by atoms with van der Waals surface area (Å²) in [6, 6.07) is 7.21. The summed E-state index contributed by atoms with van der Waals surface area (Å²) in [5, 5.41) is 0.674. The van der Waals surface area contributed by atoms with E-state index in [1.54, 1.807) is 29.0 Å². The Kier molecular flexibility index (Phi) is 6.33. The number of likely N-dealkylation sites (tertiary alicyclic amines) is 1. The summed E-state index contributed by atoms with van der Waals surface area (Å²) in [5.41, 5.74) is -0.239. The van der Waals surface area contributed by atoms with Crippen LogP contribution in [-0.2, 0) is 9.59 Å². The Hall–Kier alpha value is -1.75. The van der Waals surface area contributed by atoms with Gasteiger partial charge in [0.1, 0.15) is 5.75 Å². The van der Waals surface area contributed by atoms with Crippen molar-refractivity contribution in [3.05, 3.63) is 29.3 Å². The summed E-state index contributed by atoms with van der Waals surface area (Å²) in [6.45, 7) is 7.62. The number of hydrogen-bond donors (Lipinski definition) is 0. The van der Waals surface area contributed by atoms with Crippen molar-refractivity contribution >= 4 is 23.4 Å². The Morgan fingerprint density at radius 1 is 1.32 bits per heavy atom. The largest absolute Gasteiger partial charge is 0.494 e. The van der Waals surface area contributed by atoms with Gasteiger partial charge in [-0.2, -0.15) is 0 Å². The number of benzene rings is 1. The molecule has 1 saturated heterocycles. The van der Waals surface area contributed by atoms with Gasteiger partial charge < -0.3 is 14.5 Å². The van der Waals surface area contributed by atoms with Crippen molar-refractivity contribution in [3.8, 4) is 5.75 Å². The second kappa shape index (κ2) is 8.09. The zero-order chi connectivity index (χ0) is 18.6. The first-order chi connectivity index (χ1) is 11.7. The highest BCUT2D eigenvalue weighted by molar-refractivity contribution is 6.30. The van der Waals surface area contributed by atoms with Crippen LogP contribution in [0.4, 0.5) is 0 Å². The second-order valence-corrected chi connectivity index (χ2v) is 7.93. The van der Waals surface area contributed by atoms with E-state index in [9.17, 15) is 9.59 Å². The average molecular weight is 367 g/mol. The quantitative estimate of drug-likeness (QED) is 0.726. The fourth-order valence-corrected chi connectivity index (χ4v) is 3.09. The van der Waals surface area contributed by atoms with Crippen LogP contribution in [0.5, 0.6) is 5.75 Å². The summed E-state index contributed by atoms with van der Waals surface area (Å²) in [6.07, 6.45) is 1.04. The third-order valence-corrected chi connectivity index (χ3v) is 4.63. The molecular weight excluding hydrogens is 340 g/mol. The molecule has 138 valence electrons. The predicted octanol–water partition coefficient (Wildman–Crippen LogP) is 3.21. The number of rotatable bonds is 6. The van der Waals surface area contributed by atoms with Gasteiger partial charge in [0.15, 0.2) is 0 Å². The number of halogens is 1. The molecule has 1 atom stereocenters. The number of hydrogen-bond acceptors (Lipinski definition) is 3. The van der Waals surface area contributed by atoms with Crippen molar-refractivity contribution < 1.29 is 14.3 Å². The van der Waals surface area contributed by atoms with Gasteiger partial charge in [-0.1, -0.05) is 11.6 Å². The van der Waals surface area contributed by atoms with Crippen LogP contribution in [0.25, 0.3) is 0 Å². The summed E-state index contributed by atoms with van der Waals surface area (Å²) in [5.74, 6) is 0.617. The lowest BCUT2D eigenvalue weighted by Gasteiger charge is -2.32. The Bertz CT molecular complexity index is 610. The van der Waals surface area contributed by atoms with Crippen LogP contribution >= 0.6 is 11.6 Å². The van der Waals surface area contributed by atoms with E-state index >= 15 is 0 Å². The first-order valence-corrected chi connectivity index (χ1v) is 9.00. The van der Waals surface area contributed by atoms with Crippen LogP contribution in [0.15, 0.2) is 24.3 Å². The van der Waals surface area contributed by atoms with Gasteiger partial charge in [-0.05, 0) is 51.5 Å². The van der Waals surface area contributed by atoms with Gasteiger partial charge in [0, 0.05) is 37.1 Å². The fourth-order valence-electron chi connectivity index (χ4n) is 2.97. The molecule has 0 aromatic heterocycles. The maximum Gasteiger partial charge on any atom is 0.227 e. The lowest BCUT2D eigenvalue weighted by atomic mass is 10.1. The summed E-state index contributed by atoms with van der Waals surface area (Å²) < 4.78 is 5.64. The van der Waals surface area contributed by atoms with Crippen molar-refractivity contribution in [2.75, 3.05) is 26.7 Å². The van der Waals surface area contributed by atoms with Crippen LogP contribution in [-0.4, -0.2) is 53.9 Å². The molecule has 1 aromatic carbocycles. The van der Waals surface area contributed by atoms with Crippen LogP contribution in [0.1, 0.15) is 33.6 Å². The van der Waals surface area contributed by atoms with E-state index in [2.05, 4.69) is 0 Å². The van der Waals surface area contributed by atoms with E-state index in [1.165, 1.54) is 0 Å². The highest BCUT2D eigenvalue weighted by atomic mass is 35.5. The molecule has 0 spiro atoms. The lowest BCUT2D eigenvalue weighted by Crippen LogP contribution is -2.43. The van der Waals surface area contributed by atoms with Gasteiger partial charge >= 0.3 is 0 Å². The molecule has 1 aliphatic heterocycles. The molecule has 1 aromatic rings. The van der Waals surface area contributed by atoms with Crippen molar-refractivity contribution in [2.45, 2.75) is 39.2 Å². The highest BCUT2D eigenvalue weighted by Gasteiger charge is 2.40. The molecule has 25 heavy (non-hydrogen) atoms. The van der Waals surface area contributed by atoms with Crippen LogP contribution < -0.4 is 4.74 Å². The number of nitrogens with zero attached hydrogens (tertiary/aromatic N) is 2. The molecule has 2 amide bonds. The average Bonchev–Trinajstić information content (AvgIpc) is 2.94. The highest BCUT2D eigenvalue weighted by Crippen LogP contribution is 2.26. The molecule has 0 radical (unpaired) electrons. The van der Waals surface area contributed by atoms with Gasteiger partial charge in [-0.15, -0.1) is 0 Å². The van der Waals surface area contributed by atoms with E-state index in [0.717, 1.165) is 12.2 Å². The Morgan fingerprint density at radius 3 is 2.52 bits per heavy atom. The van der Waals surface area contributed by atoms with Crippen LogP contribution in [0.2, 0.25) is 5.02 Å². The molecule has 0 bridgehead atoms. The summed E-state index contributed by atoms with van der Waals surface area (Å²) >= 11 is 5.83. The molecule has 2 rings (SSSR count). The van der Waals surface area contributed by atoms with Gasteiger partial charge in [-0.3, -0.25) is 9.59 Å². The van der Waals surface area contributed by atoms with Gasteiger partial charge in [0.25, 0.3) is 0 Å². The zero-order valence-corrected chi connectivity index (χ0v) is 16.2. The molecule has 1 fully saturated rings.